The zero-order valence-corrected chi connectivity index (χ0v) is 16.5. The van der Waals surface area contributed by atoms with Crippen molar-refractivity contribution in [2.75, 3.05) is 17.6 Å². The van der Waals surface area contributed by atoms with Gasteiger partial charge in [-0.2, -0.15) is 5.10 Å². The quantitative estimate of drug-likeness (QED) is 0.580. The van der Waals surface area contributed by atoms with Gasteiger partial charge in [0, 0.05) is 17.6 Å². The molecule has 4 N–H and O–H groups in total. The second-order valence-corrected chi connectivity index (χ2v) is 7.50. The number of fused-ring (bicyclic) bond motifs is 1. The van der Waals surface area contributed by atoms with Crippen molar-refractivity contribution in [3.63, 3.8) is 0 Å². The minimum absolute atomic E-state index is 0.168. The molecule has 0 bridgehead atoms. The molecule has 8 heteroatoms. The Morgan fingerprint density at radius 2 is 2.07 bits per heavy atom. The van der Waals surface area contributed by atoms with Crippen LogP contribution in [0.3, 0.4) is 0 Å². The number of aromatic nitrogens is 3. The van der Waals surface area contributed by atoms with E-state index in [-0.39, 0.29) is 6.04 Å². The molecule has 2 amide bonds. The van der Waals surface area contributed by atoms with E-state index in [0.29, 0.717) is 18.1 Å². The van der Waals surface area contributed by atoms with Gasteiger partial charge in [-0.15, -0.1) is 0 Å². The van der Waals surface area contributed by atoms with Crippen LogP contribution in [0.1, 0.15) is 42.1 Å². The third-order valence-electron chi connectivity index (χ3n) is 5.56. The first kappa shape index (κ1) is 18.9. The molecule has 1 aromatic carbocycles. The van der Waals surface area contributed by atoms with E-state index < -0.39 is 11.8 Å². The summed E-state index contributed by atoms with van der Waals surface area (Å²) < 4.78 is 0. The van der Waals surface area contributed by atoms with Crippen molar-refractivity contribution in [2.45, 2.75) is 39.2 Å². The number of nitrogens with two attached hydrogens (primary N) is 1. The van der Waals surface area contributed by atoms with E-state index in [0.717, 1.165) is 47.0 Å². The number of hydrogen-bond donors (Lipinski definition) is 3. The van der Waals surface area contributed by atoms with Crippen molar-refractivity contribution < 1.29 is 9.59 Å². The second-order valence-electron chi connectivity index (χ2n) is 7.50. The van der Waals surface area contributed by atoms with Gasteiger partial charge in [-0.3, -0.25) is 19.7 Å². The van der Waals surface area contributed by atoms with Gasteiger partial charge >= 0.3 is 11.8 Å². The lowest BCUT2D eigenvalue weighted by Crippen LogP contribution is -2.44. The van der Waals surface area contributed by atoms with Crippen LogP contribution in [0.4, 0.5) is 11.5 Å². The van der Waals surface area contributed by atoms with E-state index in [1.807, 2.05) is 38.1 Å². The largest absolute Gasteiger partial charge is 0.382 e. The number of rotatable bonds is 2. The number of anilines is 2. The Hall–Kier alpha value is -3.42. The molecule has 1 fully saturated rings. The van der Waals surface area contributed by atoms with E-state index in [4.69, 9.17) is 5.73 Å². The molecular formula is C21H24N6O2. The molecule has 0 radical (unpaired) electrons. The molecule has 0 spiro atoms. The van der Waals surface area contributed by atoms with Gasteiger partial charge < -0.3 is 16.0 Å². The molecule has 1 aliphatic rings. The fraction of sp³-hybridized carbons (Fsp3) is 0.333. The van der Waals surface area contributed by atoms with Crippen molar-refractivity contribution in [2.24, 2.45) is 0 Å². The third-order valence-corrected chi connectivity index (χ3v) is 5.56. The maximum atomic E-state index is 13.0. The van der Waals surface area contributed by atoms with Crippen molar-refractivity contribution in [1.29, 1.82) is 0 Å². The Morgan fingerprint density at radius 1 is 1.24 bits per heavy atom. The van der Waals surface area contributed by atoms with Crippen molar-refractivity contribution in [3.05, 3.63) is 47.3 Å². The summed E-state index contributed by atoms with van der Waals surface area (Å²) in [7, 11) is 0. The van der Waals surface area contributed by atoms with Crippen LogP contribution >= 0.6 is 0 Å². The van der Waals surface area contributed by atoms with Crippen molar-refractivity contribution in [1.82, 2.24) is 20.1 Å². The van der Waals surface area contributed by atoms with Crippen LogP contribution < -0.4 is 11.1 Å². The van der Waals surface area contributed by atoms with Crippen LogP contribution in [-0.2, 0) is 9.59 Å². The molecule has 150 valence electrons. The number of pyridine rings is 1. The summed E-state index contributed by atoms with van der Waals surface area (Å²) >= 11 is 0. The number of aryl methyl sites for hydroxylation is 2. The molecule has 29 heavy (non-hydrogen) atoms. The first-order chi connectivity index (χ1) is 13.9. The Balaban J connectivity index is 1.57. The highest BCUT2D eigenvalue weighted by Crippen LogP contribution is 2.33. The molecule has 4 rings (SSSR count). The highest BCUT2D eigenvalue weighted by molar-refractivity contribution is 6.39. The lowest BCUT2D eigenvalue weighted by Gasteiger charge is -2.35. The van der Waals surface area contributed by atoms with E-state index in [1.165, 1.54) is 0 Å². The van der Waals surface area contributed by atoms with Gasteiger partial charge in [0.05, 0.1) is 23.4 Å². The van der Waals surface area contributed by atoms with Gasteiger partial charge in [0.2, 0.25) is 0 Å². The highest BCUT2D eigenvalue weighted by atomic mass is 16.2. The van der Waals surface area contributed by atoms with Crippen LogP contribution in [0.5, 0.6) is 0 Å². The minimum atomic E-state index is -0.647. The molecular weight excluding hydrogens is 368 g/mol. The fourth-order valence-corrected chi connectivity index (χ4v) is 3.81. The Kier molecular flexibility index (Phi) is 4.92. The molecule has 0 saturated carbocycles. The number of hydrogen-bond acceptors (Lipinski definition) is 5. The summed E-state index contributed by atoms with van der Waals surface area (Å²) in [4.78, 5) is 31.5. The SMILES string of the molecule is Cc1cc(NC(=O)C(=O)N2CCCC[C@H]2c2ccc3[nH]nc(N)c3c2)cnc1C. The molecule has 0 aliphatic carbocycles. The molecule has 2 aromatic heterocycles. The van der Waals surface area contributed by atoms with Gasteiger partial charge in [-0.1, -0.05) is 6.07 Å². The summed E-state index contributed by atoms with van der Waals surface area (Å²) in [6.07, 6.45) is 4.23. The number of nitrogen functional groups attached to an aromatic ring is 1. The molecule has 3 aromatic rings. The van der Waals surface area contributed by atoms with Crippen LogP contribution in [0, 0.1) is 13.8 Å². The number of nitrogens with one attached hydrogen (secondary N) is 2. The topological polar surface area (TPSA) is 117 Å². The fourth-order valence-electron chi connectivity index (χ4n) is 3.81. The highest BCUT2D eigenvalue weighted by Gasteiger charge is 2.32. The van der Waals surface area contributed by atoms with Gasteiger partial charge in [0.1, 0.15) is 0 Å². The van der Waals surface area contributed by atoms with Crippen LogP contribution in [0.2, 0.25) is 0 Å². The summed E-state index contributed by atoms with van der Waals surface area (Å²) in [6.45, 7) is 4.35. The number of likely N-dealkylation sites (tertiary alicyclic amines) is 1. The monoisotopic (exact) mass is 392 g/mol. The lowest BCUT2D eigenvalue weighted by atomic mass is 9.94. The Morgan fingerprint density at radius 3 is 2.86 bits per heavy atom. The van der Waals surface area contributed by atoms with Gasteiger partial charge in [-0.05, 0) is 62.4 Å². The number of carbonyl (C=O) groups excluding carboxylic acids is 2. The van der Waals surface area contributed by atoms with Gasteiger partial charge in [0.25, 0.3) is 0 Å². The number of nitrogens with zero attached hydrogens (tertiary/aromatic N) is 3. The number of amides is 2. The molecule has 1 atom stereocenters. The summed E-state index contributed by atoms with van der Waals surface area (Å²) in [5, 5.41) is 10.4. The summed E-state index contributed by atoms with van der Waals surface area (Å²) in [6, 6.07) is 7.47. The molecule has 1 aliphatic heterocycles. The molecule has 0 unspecified atom stereocenters. The standard InChI is InChI=1S/C21H24N6O2/c1-12-9-15(11-23-13(12)2)24-20(28)21(29)27-8-4-3-5-18(27)14-6-7-17-16(10-14)19(22)26-25-17/h6-7,9-11,18H,3-5,8H2,1-2H3,(H,24,28)(H3,22,25,26)/t18-/m0/s1. The van der Waals surface area contributed by atoms with Crippen LogP contribution in [0.25, 0.3) is 10.9 Å². The number of piperidine rings is 1. The van der Waals surface area contributed by atoms with E-state index in [2.05, 4.69) is 20.5 Å². The van der Waals surface area contributed by atoms with E-state index >= 15 is 0 Å². The maximum Gasteiger partial charge on any atom is 0.313 e. The Labute approximate surface area is 168 Å². The molecule has 1 saturated heterocycles. The van der Waals surface area contributed by atoms with Crippen molar-refractivity contribution in [3.8, 4) is 0 Å². The van der Waals surface area contributed by atoms with E-state index in [1.54, 1.807) is 11.1 Å². The number of carbonyl (C=O) groups is 2. The first-order valence-corrected chi connectivity index (χ1v) is 9.72. The third kappa shape index (κ3) is 3.65. The van der Waals surface area contributed by atoms with Crippen molar-refractivity contribution >= 4 is 34.2 Å². The zero-order valence-electron chi connectivity index (χ0n) is 16.5. The normalized spacial score (nSPS) is 16.8. The minimum Gasteiger partial charge on any atom is -0.382 e. The summed E-state index contributed by atoms with van der Waals surface area (Å²) in [5.41, 5.74) is 10.1. The number of benzene rings is 1. The smallest absolute Gasteiger partial charge is 0.313 e. The summed E-state index contributed by atoms with van der Waals surface area (Å²) in [5.74, 6) is -0.755. The van der Waals surface area contributed by atoms with E-state index in [9.17, 15) is 9.59 Å². The Bertz CT molecular complexity index is 1090. The average Bonchev–Trinajstić information content (AvgIpc) is 3.10. The number of aromatic amines is 1. The lowest BCUT2D eigenvalue weighted by molar-refractivity contribution is -0.145. The van der Waals surface area contributed by atoms with Crippen LogP contribution in [-0.4, -0.2) is 38.4 Å². The second kappa shape index (κ2) is 7.54. The predicted octanol–water partition coefficient (Wildman–Crippen LogP) is 2.85. The maximum absolute atomic E-state index is 13.0. The molecule has 8 nitrogen and oxygen atoms in total. The first-order valence-electron chi connectivity index (χ1n) is 9.72. The van der Waals surface area contributed by atoms with Gasteiger partial charge in [-0.25, -0.2) is 0 Å². The number of H-pyrrole nitrogens is 1. The predicted molar refractivity (Wildman–Crippen MR) is 111 cm³/mol. The van der Waals surface area contributed by atoms with Gasteiger partial charge in [0.15, 0.2) is 5.82 Å². The molecule has 3 heterocycles. The average molecular weight is 392 g/mol. The van der Waals surface area contributed by atoms with Crippen LogP contribution in [0.15, 0.2) is 30.5 Å². The zero-order chi connectivity index (χ0) is 20.5.